The average molecular weight is 270 g/mol. The molecular formula is C11H12BrNO2. The minimum absolute atomic E-state index is 0.280. The van der Waals surface area contributed by atoms with Gasteiger partial charge in [0.05, 0.1) is 5.56 Å². The Bertz CT molecular complexity index is 377. The molecule has 1 aromatic rings. The number of carbonyl (C=O) groups is 1. The first-order valence-electron chi connectivity index (χ1n) is 4.52. The van der Waals surface area contributed by atoms with Gasteiger partial charge in [0.1, 0.15) is 0 Å². The lowest BCUT2D eigenvalue weighted by molar-refractivity contribution is 0.0698. The maximum absolute atomic E-state index is 10.9. The third-order valence-corrected chi connectivity index (χ3v) is 2.37. The third kappa shape index (κ3) is 3.40. The maximum atomic E-state index is 10.9. The summed E-state index contributed by atoms with van der Waals surface area (Å²) in [6.07, 6.45) is 2.58. The largest absolute Gasteiger partial charge is 0.478 e. The molecule has 0 fully saturated rings. The average Bonchev–Trinajstić information content (AvgIpc) is 2.18. The molecule has 0 saturated carbocycles. The Morgan fingerprint density at radius 2 is 2.33 bits per heavy atom. The molecule has 0 aromatic heterocycles. The van der Waals surface area contributed by atoms with Gasteiger partial charge in [-0.25, -0.2) is 4.79 Å². The molecule has 0 aliphatic carbocycles. The molecule has 0 saturated heterocycles. The van der Waals surface area contributed by atoms with Crippen molar-refractivity contribution in [2.24, 2.45) is 0 Å². The van der Waals surface area contributed by atoms with Crippen LogP contribution in [0.25, 0.3) is 0 Å². The van der Waals surface area contributed by atoms with Crippen molar-refractivity contribution in [3.63, 3.8) is 0 Å². The highest BCUT2D eigenvalue weighted by molar-refractivity contribution is 9.10. The Kier molecular flexibility index (Phi) is 4.37. The van der Waals surface area contributed by atoms with E-state index in [1.165, 1.54) is 0 Å². The van der Waals surface area contributed by atoms with Crippen LogP contribution in [0.2, 0.25) is 0 Å². The SMILES string of the molecule is C=CCCNc1cc(Br)ccc1C(=O)O. The Hall–Kier alpha value is -1.29. The van der Waals surface area contributed by atoms with Gasteiger partial charge >= 0.3 is 5.97 Å². The van der Waals surface area contributed by atoms with Crippen LogP contribution in [-0.2, 0) is 0 Å². The Balaban J connectivity index is 2.86. The van der Waals surface area contributed by atoms with E-state index in [0.717, 1.165) is 10.9 Å². The highest BCUT2D eigenvalue weighted by Crippen LogP contribution is 2.21. The van der Waals surface area contributed by atoms with Gasteiger partial charge in [-0.05, 0) is 24.6 Å². The summed E-state index contributed by atoms with van der Waals surface area (Å²) in [5.74, 6) is -0.927. The predicted octanol–water partition coefficient (Wildman–Crippen LogP) is 3.14. The lowest BCUT2D eigenvalue weighted by atomic mass is 10.2. The number of nitrogens with one attached hydrogen (secondary N) is 1. The summed E-state index contributed by atoms with van der Waals surface area (Å²) in [5, 5.41) is 12.0. The van der Waals surface area contributed by atoms with Gasteiger partial charge in [0.25, 0.3) is 0 Å². The second-order valence-corrected chi connectivity index (χ2v) is 3.91. The van der Waals surface area contributed by atoms with Gasteiger partial charge in [-0.3, -0.25) is 0 Å². The molecule has 0 radical (unpaired) electrons. The molecule has 1 aromatic carbocycles. The highest BCUT2D eigenvalue weighted by Gasteiger charge is 2.09. The molecule has 3 nitrogen and oxygen atoms in total. The molecule has 1 rings (SSSR count). The monoisotopic (exact) mass is 269 g/mol. The molecular weight excluding hydrogens is 258 g/mol. The van der Waals surface area contributed by atoms with E-state index in [0.29, 0.717) is 12.2 Å². The summed E-state index contributed by atoms with van der Waals surface area (Å²) in [6, 6.07) is 5.04. The Labute approximate surface area is 96.9 Å². The van der Waals surface area contributed by atoms with E-state index >= 15 is 0 Å². The predicted molar refractivity (Wildman–Crippen MR) is 64.4 cm³/mol. The number of benzene rings is 1. The van der Waals surface area contributed by atoms with E-state index in [9.17, 15) is 4.79 Å². The van der Waals surface area contributed by atoms with Crippen LogP contribution in [0.5, 0.6) is 0 Å². The molecule has 80 valence electrons. The molecule has 0 amide bonds. The normalized spacial score (nSPS) is 9.67. The van der Waals surface area contributed by atoms with Crippen LogP contribution in [-0.4, -0.2) is 17.6 Å². The van der Waals surface area contributed by atoms with Crippen molar-refractivity contribution >= 4 is 27.6 Å². The molecule has 0 spiro atoms. The summed E-state index contributed by atoms with van der Waals surface area (Å²) < 4.78 is 0.855. The standard InChI is InChI=1S/C11H12BrNO2/c1-2-3-6-13-10-7-8(12)4-5-9(10)11(14)15/h2,4-5,7,13H,1,3,6H2,(H,14,15). The maximum Gasteiger partial charge on any atom is 0.337 e. The third-order valence-electron chi connectivity index (χ3n) is 1.88. The summed E-state index contributed by atoms with van der Waals surface area (Å²) in [7, 11) is 0. The number of anilines is 1. The molecule has 0 atom stereocenters. The minimum Gasteiger partial charge on any atom is -0.478 e. The van der Waals surface area contributed by atoms with Crippen molar-refractivity contribution in [3.05, 3.63) is 40.9 Å². The number of halogens is 1. The number of carboxylic acid groups (broad SMARTS) is 1. The number of hydrogen-bond donors (Lipinski definition) is 2. The lowest BCUT2D eigenvalue weighted by Gasteiger charge is -2.08. The van der Waals surface area contributed by atoms with Crippen LogP contribution in [0.3, 0.4) is 0 Å². The fraction of sp³-hybridized carbons (Fsp3) is 0.182. The van der Waals surface area contributed by atoms with Crippen LogP contribution in [0.4, 0.5) is 5.69 Å². The zero-order valence-electron chi connectivity index (χ0n) is 8.16. The van der Waals surface area contributed by atoms with E-state index in [1.807, 2.05) is 0 Å². The van der Waals surface area contributed by atoms with E-state index in [2.05, 4.69) is 27.8 Å². The Morgan fingerprint density at radius 1 is 1.60 bits per heavy atom. The molecule has 0 aliphatic heterocycles. The van der Waals surface area contributed by atoms with E-state index < -0.39 is 5.97 Å². The number of aromatic carboxylic acids is 1. The smallest absolute Gasteiger partial charge is 0.337 e. The van der Waals surface area contributed by atoms with Gasteiger partial charge in [0.15, 0.2) is 0 Å². The highest BCUT2D eigenvalue weighted by atomic mass is 79.9. The van der Waals surface area contributed by atoms with Gasteiger partial charge in [0, 0.05) is 16.7 Å². The second kappa shape index (κ2) is 5.56. The van der Waals surface area contributed by atoms with Crippen LogP contribution in [0.1, 0.15) is 16.8 Å². The Morgan fingerprint density at radius 3 is 2.93 bits per heavy atom. The zero-order chi connectivity index (χ0) is 11.3. The summed E-state index contributed by atoms with van der Waals surface area (Å²) in [6.45, 7) is 4.28. The van der Waals surface area contributed by atoms with Gasteiger partial charge in [0.2, 0.25) is 0 Å². The van der Waals surface area contributed by atoms with Gasteiger partial charge in [-0.15, -0.1) is 6.58 Å². The minimum atomic E-state index is -0.927. The van der Waals surface area contributed by atoms with Crippen LogP contribution in [0, 0.1) is 0 Å². The summed E-state index contributed by atoms with van der Waals surface area (Å²) in [5.41, 5.74) is 0.904. The van der Waals surface area contributed by atoms with Crippen molar-refractivity contribution in [1.29, 1.82) is 0 Å². The molecule has 0 bridgehead atoms. The molecule has 0 aliphatic rings. The van der Waals surface area contributed by atoms with Crippen LogP contribution < -0.4 is 5.32 Å². The van der Waals surface area contributed by atoms with Crippen molar-refractivity contribution in [1.82, 2.24) is 0 Å². The van der Waals surface area contributed by atoms with Gasteiger partial charge < -0.3 is 10.4 Å². The van der Waals surface area contributed by atoms with Crippen molar-refractivity contribution < 1.29 is 9.90 Å². The van der Waals surface area contributed by atoms with E-state index in [1.54, 1.807) is 24.3 Å². The van der Waals surface area contributed by atoms with Gasteiger partial charge in [-0.1, -0.05) is 22.0 Å². The van der Waals surface area contributed by atoms with Crippen molar-refractivity contribution in [2.75, 3.05) is 11.9 Å². The molecule has 4 heteroatoms. The summed E-state index contributed by atoms with van der Waals surface area (Å²) >= 11 is 3.30. The molecule has 0 heterocycles. The van der Waals surface area contributed by atoms with E-state index in [-0.39, 0.29) is 5.56 Å². The second-order valence-electron chi connectivity index (χ2n) is 3.00. The van der Waals surface area contributed by atoms with Crippen molar-refractivity contribution in [3.8, 4) is 0 Å². The number of hydrogen-bond acceptors (Lipinski definition) is 2. The molecule has 0 unspecified atom stereocenters. The van der Waals surface area contributed by atoms with Gasteiger partial charge in [-0.2, -0.15) is 0 Å². The zero-order valence-corrected chi connectivity index (χ0v) is 9.75. The topological polar surface area (TPSA) is 49.3 Å². The quantitative estimate of drug-likeness (QED) is 0.638. The number of carboxylic acids is 1. The van der Waals surface area contributed by atoms with E-state index in [4.69, 9.17) is 5.11 Å². The molecule has 2 N–H and O–H groups in total. The molecule has 15 heavy (non-hydrogen) atoms. The van der Waals surface area contributed by atoms with Crippen molar-refractivity contribution in [2.45, 2.75) is 6.42 Å². The first kappa shape index (κ1) is 11.8. The fourth-order valence-electron chi connectivity index (χ4n) is 1.16. The number of rotatable bonds is 5. The van der Waals surface area contributed by atoms with Crippen LogP contribution in [0.15, 0.2) is 35.3 Å². The van der Waals surface area contributed by atoms with Crippen LogP contribution >= 0.6 is 15.9 Å². The summed E-state index contributed by atoms with van der Waals surface area (Å²) in [4.78, 5) is 10.9. The first-order valence-corrected chi connectivity index (χ1v) is 5.32. The first-order chi connectivity index (χ1) is 7.15. The lowest BCUT2D eigenvalue weighted by Crippen LogP contribution is -2.07. The fourth-order valence-corrected chi connectivity index (χ4v) is 1.52.